The highest BCUT2D eigenvalue weighted by Crippen LogP contribution is 2.40. The van der Waals surface area contributed by atoms with Crippen molar-refractivity contribution in [2.24, 2.45) is 5.41 Å². The monoisotopic (exact) mass is 585 g/mol. The third-order valence-electron chi connectivity index (χ3n) is 8.01. The zero-order valence-corrected chi connectivity index (χ0v) is 25.5. The zero-order chi connectivity index (χ0) is 30.7. The van der Waals surface area contributed by atoms with Gasteiger partial charge in [-0.1, -0.05) is 6.07 Å². The van der Waals surface area contributed by atoms with E-state index in [1.807, 2.05) is 50.5 Å². The number of aromatic nitrogens is 2. The first kappa shape index (κ1) is 30.0. The lowest BCUT2D eigenvalue weighted by molar-refractivity contribution is -0.137. The Kier molecular flexibility index (Phi) is 8.68. The van der Waals surface area contributed by atoms with Gasteiger partial charge in [0, 0.05) is 64.4 Å². The van der Waals surface area contributed by atoms with Crippen LogP contribution in [-0.4, -0.2) is 59.6 Å². The molecule has 5 rings (SSSR count). The van der Waals surface area contributed by atoms with Gasteiger partial charge in [0.05, 0.1) is 29.6 Å². The van der Waals surface area contributed by atoms with Crippen LogP contribution < -0.4 is 20.1 Å². The Labute approximate surface area is 251 Å². The number of nitrogens with zero attached hydrogens (tertiary/aromatic N) is 5. The molecule has 0 fully saturated rings. The lowest BCUT2D eigenvalue weighted by atomic mass is 9.90. The van der Waals surface area contributed by atoms with Crippen molar-refractivity contribution >= 4 is 34.2 Å². The van der Waals surface area contributed by atoms with Crippen molar-refractivity contribution in [3.05, 3.63) is 82.7 Å². The number of rotatable bonds is 11. The summed E-state index contributed by atoms with van der Waals surface area (Å²) in [6.45, 7) is 10.8. The highest BCUT2D eigenvalue weighted by molar-refractivity contribution is 6.20. The minimum absolute atomic E-state index is 0.0647. The Morgan fingerprint density at radius 1 is 1.00 bits per heavy atom. The number of fused-ring (bicyclic) bond motifs is 2. The van der Waals surface area contributed by atoms with Gasteiger partial charge in [-0.3, -0.25) is 24.3 Å². The summed E-state index contributed by atoms with van der Waals surface area (Å²) in [4.78, 5) is 49.0. The van der Waals surface area contributed by atoms with Crippen molar-refractivity contribution in [3.63, 3.8) is 0 Å². The fraction of sp³-hybridized carbons (Fsp3) is 0.394. The maximum Gasteiger partial charge on any atom is 0.261 e. The van der Waals surface area contributed by atoms with E-state index in [-0.39, 0.29) is 17.4 Å². The number of carbonyl (C=O) groups excluding carboxylic acids is 2. The summed E-state index contributed by atoms with van der Waals surface area (Å²) in [6.07, 6.45) is 7.77. The molecule has 0 bridgehead atoms. The first-order valence-corrected chi connectivity index (χ1v) is 14.7. The number of benzene rings is 1. The molecule has 4 heterocycles. The fourth-order valence-electron chi connectivity index (χ4n) is 5.61. The maximum atomic E-state index is 13.2. The van der Waals surface area contributed by atoms with Crippen LogP contribution in [-0.2, 0) is 22.7 Å². The van der Waals surface area contributed by atoms with Gasteiger partial charge in [0.15, 0.2) is 0 Å². The summed E-state index contributed by atoms with van der Waals surface area (Å²) < 4.78 is 13.2. The van der Waals surface area contributed by atoms with Crippen LogP contribution in [0.4, 0.5) is 11.4 Å². The lowest BCUT2D eigenvalue weighted by Gasteiger charge is -2.27. The summed E-state index contributed by atoms with van der Waals surface area (Å²) in [5, 5.41) is 0.577. The minimum Gasteiger partial charge on any atom is -0.493 e. The highest BCUT2D eigenvalue weighted by Gasteiger charge is 2.45. The molecule has 10 heteroatoms. The summed E-state index contributed by atoms with van der Waals surface area (Å²) in [7, 11) is 1.70. The lowest BCUT2D eigenvalue weighted by Crippen LogP contribution is -2.47. The largest absolute Gasteiger partial charge is 0.493 e. The van der Waals surface area contributed by atoms with E-state index in [0.717, 1.165) is 24.1 Å². The number of hydrogen-bond acceptors (Lipinski definition) is 7. The quantitative estimate of drug-likeness (QED) is 0.187. The molecule has 0 atom stereocenters. The number of furan rings is 1. The van der Waals surface area contributed by atoms with Crippen LogP contribution in [0.3, 0.4) is 0 Å². The molecular weight excluding hydrogens is 546 g/mol. The summed E-state index contributed by atoms with van der Waals surface area (Å²) in [6, 6.07) is 11.2. The standard InChI is InChI=1S/C33H39N5O5/c1-6-38-27-9-8-25(19-28(27)35(5)31(40)33(3,4)32(38)41)42-16-7-12-36(22-24-18-23(2)20-34-21-24)14-15-37-13-10-29-26(30(37)39)11-17-43-29/h8-11,13,17-21H,6-7,12,14-16,22H2,1-5H3. The van der Waals surface area contributed by atoms with Crippen LogP contribution in [0.25, 0.3) is 11.0 Å². The van der Waals surface area contributed by atoms with Gasteiger partial charge in [-0.2, -0.15) is 0 Å². The third kappa shape index (κ3) is 6.19. The molecule has 0 N–H and O–H groups in total. The van der Waals surface area contributed by atoms with Crippen molar-refractivity contribution in [2.75, 3.05) is 43.1 Å². The summed E-state index contributed by atoms with van der Waals surface area (Å²) >= 11 is 0. The number of anilines is 2. The van der Waals surface area contributed by atoms with Crippen LogP contribution in [0.15, 0.2) is 70.5 Å². The molecule has 1 aliphatic heterocycles. The van der Waals surface area contributed by atoms with E-state index < -0.39 is 5.41 Å². The molecule has 0 saturated heterocycles. The van der Waals surface area contributed by atoms with Gasteiger partial charge in [-0.05, 0) is 69.5 Å². The fourth-order valence-corrected chi connectivity index (χ4v) is 5.61. The van der Waals surface area contributed by atoms with Crippen molar-refractivity contribution in [3.8, 4) is 5.75 Å². The Balaban J connectivity index is 1.26. The molecule has 1 aromatic carbocycles. The topological polar surface area (TPSA) is 101 Å². The van der Waals surface area contributed by atoms with E-state index in [2.05, 4.69) is 16.0 Å². The van der Waals surface area contributed by atoms with Gasteiger partial charge in [0.1, 0.15) is 16.7 Å². The molecule has 43 heavy (non-hydrogen) atoms. The van der Waals surface area contributed by atoms with Crippen LogP contribution in [0.5, 0.6) is 5.75 Å². The number of amides is 2. The van der Waals surface area contributed by atoms with Crippen molar-refractivity contribution < 1.29 is 18.7 Å². The van der Waals surface area contributed by atoms with Gasteiger partial charge < -0.3 is 23.5 Å². The first-order chi connectivity index (χ1) is 20.6. The van der Waals surface area contributed by atoms with E-state index in [0.29, 0.717) is 60.9 Å². The zero-order valence-electron chi connectivity index (χ0n) is 25.5. The molecule has 3 aromatic heterocycles. The molecule has 4 aromatic rings. The predicted molar refractivity (Wildman–Crippen MR) is 166 cm³/mol. The number of carbonyl (C=O) groups is 2. The molecule has 226 valence electrons. The van der Waals surface area contributed by atoms with Crippen molar-refractivity contribution in [2.45, 2.75) is 47.2 Å². The molecule has 0 saturated carbocycles. The third-order valence-corrected chi connectivity index (χ3v) is 8.01. The summed E-state index contributed by atoms with van der Waals surface area (Å²) in [5.74, 6) is 0.172. The summed E-state index contributed by atoms with van der Waals surface area (Å²) in [5.41, 5.74) is 2.92. The molecule has 0 unspecified atom stereocenters. The van der Waals surface area contributed by atoms with Crippen LogP contribution >= 0.6 is 0 Å². The average Bonchev–Trinajstić information content (AvgIpc) is 3.47. The molecule has 0 radical (unpaired) electrons. The van der Waals surface area contributed by atoms with E-state index in [4.69, 9.17) is 9.15 Å². The smallest absolute Gasteiger partial charge is 0.261 e. The van der Waals surface area contributed by atoms with E-state index in [1.54, 1.807) is 47.5 Å². The number of hydrogen-bond donors (Lipinski definition) is 0. The first-order valence-electron chi connectivity index (χ1n) is 14.7. The Morgan fingerprint density at radius 2 is 1.81 bits per heavy atom. The molecule has 0 spiro atoms. The van der Waals surface area contributed by atoms with Gasteiger partial charge in [-0.25, -0.2) is 0 Å². The van der Waals surface area contributed by atoms with Crippen molar-refractivity contribution in [1.82, 2.24) is 14.5 Å². The number of aryl methyl sites for hydroxylation is 1. The molecular formula is C33H39N5O5. The molecule has 2 amide bonds. The van der Waals surface area contributed by atoms with Gasteiger partial charge in [0.25, 0.3) is 5.56 Å². The van der Waals surface area contributed by atoms with Crippen LogP contribution in [0.1, 0.15) is 38.3 Å². The molecule has 10 nitrogen and oxygen atoms in total. The Morgan fingerprint density at radius 3 is 2.58 bits per heavy atom. The normalized spacial score (nSPS) is 14.8. The maximum absolute atomic E-state index is 13.2. The van der Waals surface area contributed by atoms with E-state index in [9.17, 15) is 14.4 Å². The second-order valence-corrected chi connectivity index (χ2v) is 11.6. The van der Waals surface area contributed by atoms with Crippen LogP contribution in [0, 0.1) is 12.3 Å². The van der Waals surface area contributed by atoms with Crippen molar-refractivity contribution in [1.29, 1.82) is 0 Å². The Bertz CT molecular complexity index is 1690. The van der Waals surface area contributed by atoms with E-state index in [1.165, 1.54) is 6.26 Å². The molecule has 1 aliphatic rings. The van der Waals surface area contributed by atoms with Gasteiger partial charge in [-0.15, -0.1) is 0 Å². The average molecular weight is 586 g/mol. The minimum atomic E-state index is -1.16. The predicted octanol–water partition coefficient (Wildman–Crippen LogP) is 4.62. The number of pyridine rings is 2. The second-order valence-electron chi connectivity index (χ2n) is 11.6. The van der Waals surface area contributed by atoms with E-state index >= 15 is 0 Å². The molecule has 0 aliphatic carbocycles. The second kappa shape index (κ2) is 12.4. The van der Waals surface area contributed by atoms with Gasteiger partial charge in [0.2, 0.25) is 11.8 Å². The SMILES string of the molecule is CCN1C(=O)C(C)(C)C(=O)N(C)c2cc(OCCCN(CCn3ccc4occc4c3=O)Cc3cncc(C)c3)ccc21. The Hall–Kier alpha value is -4.44. The van der Waals surface area contributed by atoms with Crippen LogP contribution in [0.2, 0.25) is 0 Å². The van der Waals surface area contributed by atoms with Gasteiger partial charge >= 0.3 is 0 Å². The number of ether oxygens (including phenoxy) is 1. The highest BCUT2D eigenvalue weighted by atomic mass is 16.5.